The van der Waals surface area contributed by atoms with Gasteiger partial charge in [-0.25, -0.2) is 0 Å². The van der Waals surface area contributed by atoms with Crippen molar-refractivity contribution in [3.8, 4) is 11.5 Å². The summed E-state index contributed by atoms with van der Waals surface area (Å²) in [5.41, 5.74) is 1.77. The molecule has 0 saturated carbocycles. The highest BCUT2D eigenvalue weighted by Crippen LogP contribution is 2.40. The quantitative estimate of drug-likeness (QED) is 0.641. The second-order valence-electron chi connectivity index (χ2n) is 6.73. The van der Waals surface area contributed by atoms with Gasteiger partial charge in [-0.3, -0.25) is 9.59 Å². The number of rotatable bonds is 4. The zero-order valence-electron chi connectivity index (χ0n) is 16.3. The van der Waals surface area contributed by atoms with Crippen LogP contribution in [-0.4, -0.2) is 37.5 Å². The second kappa shape index (κ2) is 8.38. The maximum absolute atomic E-state index is 13.6. The van der Waals surface area contributed by atoms with Gasteiger partial charge in [-0.2, -0.15) is 0 Å². The van der Waals surface area contributed by atoms with Gasteiger partial charge in [0.2, 0.25) is 5.91 Å². The van der Waals surface area contributed by atoms with Gasteiger partial charge in [0.25, 0.3) is 5.91 Å². The van der Waals surface area contributed by atoms with Crippen molar-refractivity contribution in [1.82, 2.24) is 4.90 Å². The lowest BCUT2D eigenvalue weighted by atomic mass is 10.0. The maximum atomic E-state index is 13.6. The number of anilines is 1. The summed E-state index contributed by atoms with van der Waals surface area (Å²) in [5.74, 6) is 0.399. The van der Waals surface area contributed by atoms with E-state index < -0.39 is 6.04 Å². The molecule has 0 spiro atoms. The first-order valence-electron chi connectivity index (χ1n) is 9.17. The fourth-order valence-electron chi connectivity index (χ4n) is 3.52. The van der Waals surface area contributed by atoms with Crippen LogP contribution in [0, 0.1) is 0 Å². The van der Waals surface area contributed by atoms with Gasteiger partial charge in [0.1, 0.15) is 18.0 Å². The van der Waals surface area contributed by atoms with Crippen LogP contribution in [0.25, 0.3) is 0 Å². The second-order valence-corrected chi connectivity index (χ2v) is 8.15. The summed E-state index contributed by atoms with van der Waals surface area (Å²) in [7, 11) is 3.05. The number of benzene rings is 2. The lowest BCUT2D eigenvalue weighted by Crippen LogP contribution is -2.38. The Kier molecular flexibility index (Phi) is 5.65. The van der Waals surface area contributed by atoms with Crippen LogP contribution < -0.4 is 14.8 Å². The number of hydrogen-bond acceptors (Lipinski definition) is 5. The summed E-state index contributed by atoms with van der Waals surface area (Å²) >= 11 is 7.79. The molecule has 1 aromatic heterocycles. The van der Waals surface area contributed by atoms with Gasteiger partial charge in [0.05, 0.1) is 20.3 Å². The number of carbonyl (C=O) groups excluding carboxylic acids is 2. The van der Waals surface area contributed by atoms with Crippen LogP contribution in [0.1, 0.15) is 26.8 Å². The third-order valence-corrected chi connectivity index (χ3v) is 6.04. The van der Waals surface area contributed by atoms with E-state index in [-0.39, 0.29) is 18.4 Å². The average molecular weight is 443 g/mol. The van der Waals surface area contributed by atoms with E-state index in [4.69, 9.17) is 21.1 Å². The van der Waals surface area contributed by atoms with Crippen LogP contribution in [0.4, 0.5) is 5.69 Å². The van der Waals surface area contributed by atoms with Crippen molar-refractivity contribution < 1.29 is 19.1 Å². The number of nitrogens with one attached hydrogen (secondary N) is 1. The minimum atomic E-state index is -0.470. The van der Waals surface area contributed by atoms with Crippen LogP contribution in [0.3, 0.4) is 0 Å². The minimum absolute atomic E-state index is 0.104. The molecule has 4 rings (SSSR count). The Balaban J connectivity index is 1.86. The Morgan fingerprint density at radius 2 is 1.87 bits per heavy atom. The Morgan fingerprint density at radius 1 is 1.13 bits per heavy atom. The third kappa shape index (κ3) is 3.86. The molecule has 30 heavy (non-hydrogen) atoms. The summed E-state index contributed by atoms with van der Waals surface area (Å²) in [6, 6.07) is 13.6. The molecule has 3 aromatic rings. The first-order chi connectivity index (χ1) is 14.5. The van der Waals surface area contributed by atoms with Gasteiger partial charge in [-0.1, -0.05) is 17.7 Å². The number of ether oxygens (including phenoxy) is 2. The Hall–Kier alpha value is -3.03. The number of methoxy groups -OCH3 is 2. The third-order valence-electron chi connectivity index (χ3n) is 4.88. The van der Waals surface area contributed by atoms with Crippen molar-refractivity contribution >= 4 is 40.4 Å². The smallest absolute Gasteiger partial charge is 0.255 e. The number of thiophene rings is 1. The molecule has 1 unspecified atom stereocenters. The van der Waals surface area contributed by atoms with E-state index in [1.54, 1.807) is 41.3 Å². The zero-order valence-corrected chi connectivity index (χ0v) is 17.9. The molecule has 6 nitrogen and oxygen atoms in total. The van der Waals surface area contributed by atoms with E-state index in [0.717, 1.165) is 10.4 Å². The highest BCUT2D eigenvalue weighted by molar-refractivity contribution is 7.10. The van der Waals surface area contributed by atoms with Gasteiger partial charge in [-0.15, -0.1) is 11.3 Å². The molecule has 0 saturated heterocycles. The topological polar surface area (TPSA) is 67.9 Å². The van der Waals surface area contributed by atoms with Crippen LogP contribution in [0.5, 0.6) is 11.5 Å². The number of hydrogen-bond donors (Lipinski definition) is 1. The fraction of sp³-hybridized carbons (Fsp3) is 0.182. The van der Waals surface area contributed by atoms with Gasteiger partial charge in [0.15, 0.2) is 0 Å². The lowest BCUT2D eigenvalue weighted by molar-refractivity contribution is -0.117. The van der Waals surface area contributed by atoms with Crippen LogP contribution >= 0.6 is 22.9 Å². The van der Waals surface area contributed by atoms with Gasteiger partial charge in [0, 0.05) is 32.8 Å². The minimum Gasteiger partial charge on any atom is -0.497 e. The van der Waals surface area contributed by atoms with Crippen molar-refractivity contribution in [2.24, 2.45) is 0 Å². The average Bonchev–Trinajstić information content (AvgIpc) is 3.23. The van der Waals surface area contributed by atoms with Crippen molar-refractivity contribution in [1.29, 1.82) is 0 Å². The summed E-state index contributed by atoms with van der Waals surface area (Å²) in [5, 5.41) is 5.36. The molecule has 1 aliphatic rings. The Labute approximate surface area is 183 Å². The summed E-state index contributed by atoms with van der Waals surface area (Å²) in [6.07, 6.45) is 0. The first kappa shape index (κ1) is 20.3. The highest BCUT2D eigenvalue weighted by Gasteiger charge is 2.35. The van der Waals surface area contributed by atoms with E-state index >= 15 is 0 Å². The SMILES string of the molecule is COc1cc(OC)cc(C(=O)N2CC(=O)Nc3ccc(Cl)cc3C2c2cccs2)c1. The van der Waals surface area contributed by atoms with E-state index in [9.17, 15) is 9.59 Å². The molecule has 8 heteroatoms. The molecule has 0 aliphatic carbocycles. The monoisotopic (exact) mass is 442 g/mol. The summed E-state index contributed by atoms with van der Waals surface area (Å²) in [6.45, 7) is -0.104. The summed E-state index contributed by atoms with van der Waals surface area (Å²) < 4.78 is 10.6. The van der Waals surface area contributed by atoms with Crippen molar-refractivity contribution in [2.75, 3.05) is 26.1 Å². The molecule has 2 aromatic carbocycles. The van der Waals surface area contributed by atoms with E-state index in [1.165, 1.54) is 25.6 Å². The fourth-order valence-corrected chi connectivity index (χ4v) is 4.55. The molecular weight excluding hydrogens is 424 g/mol. The molecule has 1 aliphatic heterocycles. The molecule has 0 radical (unpaired) electrons. The highest BCUT2D eigenvalue weighted by atomic mass is 35.5. The molecule has 1 atom stereocenters. The number of nitrogens with zero attached hydrogens (tertiary/aromatic N) is 1. The maximum Gasteiger partial charge on any atom is 0.255 e. The first-order valence-corrected chi connectivity index (χ1v) is 10.4. The van der Waals surface area contributed by atoms with Crippen LogP contribution in [0.2, 0.25) is 5.02 Å². The van der Waals surface area contributed by atoms with Crippen molar-refractivity contribution in [3.05, 3.63) is 74.9 Å². The molecule has 0 bridgehead atoms. The van der Waals surface area contributed by atoms with E-state index in [2.05, 4.69) is 5.32 Å². The number of halogens is 1. The molecule has 2 heterocycles. The number of amides is 2. The molecular formula is C22H19ClN2O4S. The molecule has 2 amide bonds. The molecule has 0 fully saturated rings. The number of fused-ring (bicyclic) bond motifs is 1. The lowest BCUT2D eigenvalue weighted by Gasteiger charge is -2.29. The predicted octanol–water partition coefficient (Wildman–Crippen LogP) is 4.60. The molecule has 1 N–H and O–H groups in total. The van der Waals surface area contributed by atoms with E-state index in [1.807, 2.05) is 17.5 Å². The van der Waals surface area contributed by atoms with Crippen LogP contribution in [0.15, 0.2) is 53.9 Å². The summed E-state index contributed by atoms with van der Waals surface area (Å²) in [4.78, 5) is 28.8. The zero-order chi connectivity index (χ0) is 21.3. The van der Waals surface area contributed by atoms with Crippen molar-refractivity contribution in [2.45, 2.75) is 6.04 Å². The largest absolute Gasteiger partial charge is 0.497 e. The predicted molar refractivity (Wildman–Crippen MR) is 117 cm³/mol. The van der Waals surface area contributed by atoms with Gasteiger partial charge < -0.3 is 19.7 Å². The van der Waals surface area contributed by atoms with E-state index in [0.29, 0.717) is 27.8 Å². The Bertz CT molecular complexity index is 1080. The van der Waals surface area contributed by atoms with Crippen molar-refractivity contribution in [3.63, 3.8) is 0 Å². The van der Waals surface area contributed by atoms with Crippen LogP contribution in [-0.2, 0) is 4.79 Å². The van der Waals surface area contributed by atoms with Gasteiger partial charge in [-0.05, 0) is 41.8 Å². The van der Waals surface area contributed by atoms with Gasteiger partial charge >= 0.3 is 0 Å². The normalized spacial score (nSPS) is 15.8. The molecule has 154 valence electrons. The standard InChI is InChI=1S/C22H19ClN2O4S/c1-28-15-8-13(9-16(11-15)29-2)22(27)25-12-20(26)24-18-6-5-14(23)10-17(18)21(25)19-4-3-7-30-19/h3-11,21H,12H2,1-2H3,(H,24,26). The Morgan fingerprint density at radius 3 is 2.50 bits per heavy atom. The number of carbonyl (C=O) groups is 2.